The van der Waals surface area contributed by atoms with Crippen molar-refractivity contribution in [3.63, 3.8) is 0 Å². The quantitative estimate of drug-likeness (QED) is 0.572. The number of carbonyl (C=O) groups is 2. The number of rotatable bonds is 7. The third-order valence-corrected chi connectivity index (χ3v) is 5.04. The Morgan fingerprint density at radius 2 is 1.75 bits per heavy atom. The molecule has 28 heavy (non-hydrogen) atoms. The van der Waals surface area contributed by atoms with E-state index < -0.39 is 17.5 Å². The Morgan fingerprint density at radius 1 is 1.07 bits per heavy atom. The van der Waals surface area contributed by atoms with Crippen LogP contribution in [0, 0.1) is 0 Å². The van der Waals surface area contributed by atoms with Crippen LogP contribution in [0.4, 0.5) is 6.01 Å². The summed E-state index contributed by atoms with van der Waals surface area (Å²) in [5.41, 5.74) is 2.23. The zero-order valence-corrected chi connectivity index (χ0v) is 14.8. The van der Waals surface area contributed by atoms with Gasteiger partial charge in [0.2, 0.25) is 0 Å². The third-order valence-electron chi connectivity index (χ3n) is 5.04. The minimum Gasteiger partial charge on any atom is -0.481 e. The van der Waals surface area contributed by atoms with Gasteiger partial charge in [-0.25, -0.2) is 4.79 Å². The highest BCUT2D eigenvalue weighted by atomic mass is 16.4. The van der Waals surface area contributed by atoms with Crippen molar-refractivity contribution in [2.24, 2.45) is 0 Å². The average Bonchev–Trinajstić information content (AvgIpc) is 3.15. The number of oxazole rings is 1. The fraction of sp³-hybridized carbons (Fsp3) is 0.190. The Labute approximate surface area is 160 Å². The van der Waals surface area contributed by atoms with Gasteiger partial charge in [-0.15, -0.1) is 0 Å². The molecule has 1 aromatic heterocycles. The Balaban J connectivity index is 1.55. The summed E-state index contributed by atoms with van der Waals surface area (Å²) in [7, 11) is 0. The second kappa shape index (κ2) is 6.84. The summed E-state index contributed by atoms with van der Waals surface area (Å²) in [6.07, 6.45) is 1.50. The molecule has 0 radical (unpaired) electrons. The molecule has 7 heteroatoms. The molecule has 0 saturated heterocycles. The molecule has 1 saturated carbocycles. The van der Waals surface area contributed by atoms with E-state index in [-0.39, 0.29) is 24.0 Å². The number of carboxylic acids is 2. The number of hydrogen-bond acceptors (Lipinski definition) is 5. The van der Waals surface area contributed by atoms with Gasteiger partial charge in [0.1, 0.15) is 6.26 Å². The van der Waals surface area contributed by atoms with Gasteiger partial charge in [-0.2, -0.15) is 4.98 Å². The van der Waals surface area contributed by atoms with E-state index in [0.29, 0.717) is 6.42 Å². The summed E-state index contributed by atoms with van der Waals surface area (Å²) >= 11 is 0. The van der Waals surface area contributed by atoms with Gasteiger partial charge in [-0.1, -0.05) is 54.6 Å². The number of aromatic carboxylic acids is 1. The molecule has 2 aromatic carbocycles. The number of aromatic nitrogens is 1. The van der Waals surface area contributed by atoms with Gasteiger partial charge < -0.3 is 19.9 Å². The van der Waals surface area contributed by atoms with Crippen molar-refractivity contribution in [1.82, 2.24) is 4.98 Å². The van der Waals surface area contributed by atoms with E-state index >= 15 is 0 Å². The van der Waals surface area contributed by atoms with Gasteiger partial charge in [0.25, 0.3) is 6.01 Å². The summed E-state index contributed by atoms with van der Waals surface area (Å²) in [6, 6.07) is 18.0. The number of carboxylic acid groups (broad SMARTS) is 2. The van der Waals surface area contributed by atoms with Crippen molar-refractivity contribution in [2.45, 2.75) is 24.3 Å². The van der Waals surface area contributed by atoms with E-state index in [9.17, 15) is 14.7 Å². The van der Waals surface area contributed by atoms with E-state index in [1.54, 1.807) is 0 Å². The van der Waals surface area contributed by atoms with E-state index in [1.165, 1.54) is 0 Å². The molecule has 0 bridgehead atoms. The summed E-state index contributed by atoms with van der Waals surface area (Å²) in [5.74, 6) is -2.18. The van der Waals surface area contributed by atoms with Crippen LogP contribution in [0.1, 0.15) is 34.8 Å². The summed E-state index contributed by atoms with van der Waals surface area (Å²) in [5, 5.41) is 21.3. The molecule has 142 valence electrons. The topological polar surface area (TPSA) is 113 Å². The molecular weight excluding hydrogens is 360 g/mol. The maximum Gasteiger partial charge on any atom is 0.357 e. The first-order valence-electron chi connectivity index (χ1n) is 8.81. The van der Waals surface area contributed by atoms with Crippen molar-refractivity contribution in [2.75, 3.05) is 5.32 Å². The normalized spacial score (nSPS) is 20.5. The van der Waals surface area contributed by atoms with Crippen LogP contribution < -0.4 is 5.32 Å². The second-order valence-electron chi connectivity index (χ2n) is 6.94. The standard InChI is InChI=1S/C21H18N2O5/c24-18(25)11-21(23-20-22-17(12-28-20)19(26)27)10-16(21)15-8-6-14(7-9-15)13-4-2-1-3-5-13/h1-9,12,16H,10-11H2,(H,22,23)(H,24,25)(H,26,27)/t16-,21?/m0/s1. The first-order valence-corrected chi connectivity index (χ1v) is 8.81. The average molecular weight is 378 g/mol. The number of anilines is 1. The number of hydrogen-bond donors (Lipinski definition) is 3. The molecular formula is C21H18N2O5. The molecule has 3 N–H and O–H groups in total. The first kappa shape index (κ1) is 17.8. The highest BCUT2D eigenvalue weighted by Crippen LogP contribution is 2.55. The first-order chi connectivity index (χ1) is 13.5. The molecule has 7 nitrogen and oxygen atoms in total. The highest BCUT2D eigenvalue weighted by molar-refractivity contribution is 5.85. The fourth-order valence-electron chi connectivity index (χ4n) is 3.57. The Hall–Kier alpha value is -3.61. The van der Waals surface area contributed by atoms with Crippen molar-refractivity contribution in [1.29, 1.82) is 0 Å². The van der Waals surface area contributed by atoms with E-state index in [2.05, 4.69) is 10.3 Å². The van der Waals surface area contributed by atoms with Gasteiger partial charge in [-0.3, -0.25) is 4.79 Å². The maximum absolute atomic E-state index is 11.4. The Kier molecular flexibility index (Phi) is 4.35. The molecule has 1 fully saturated rings. The van der Waals surface area contributed by atoms with Gasteiger partial charge in [0.05, 0.1) is 12.0 Å². The summed E-state index contributed by atoms with van der Waals surface area (Å²) in [4.78, 5) is 26.2. The molecule has 4 rings (SSSR count). The zero-order valence-electron chi connectivity index (χ0n) is 14.8. The molecule has 0 spiro atoms. The highest BCUT2D eigenvalue weighted by Gasteiger charge is 2.57. The number of nitrogens with one attached hydrogen (secondary N) is 1. The minimum atomic E-state index is -1.20. The van der Waals surface area contributed by atoms with Gasteiger partial charge in [0.15, 0.2) is 5.69 Å². The minimum absolute atomic E-state index is 0.0158. The van der Waals surface area contributed by atoms with Crippen LogP contribution in [0.5, 0.6) is 0 Å². The maximum atomic E-state index is 11.4. The van der Waals surface area contributed by atoms with Crippen LogP contribution in [0.25, 0.3) is 11.1 Å². The second-order valence-corrected chi connectivity index (χ2v) is 6.94. The summed E-state index contributed by atoms with van der Waals surface area (Å²) in [6.45, 7) is 0. The van der Waals surface area contributed by atoms with Crippen LogP contribution in [0.2, 0.25) is 0 Å². The predicted octanol–water partition coefficient (Wildman–Crippen LogP) is 3.85. The predicted molar refractivity (Wildman–Crippen MR) is 101 cm³/mol. The van der Waals surface area contributed by atoms with Crippen LogP contribution in [-0.2, 0) is 4.79 Å². The van der Waals surface area contributed by atoms with E-state index in [4.69, 9.17) is 9.52 Å². The summed E-state index contributed by atoms with van der Waals surface area (Å²) < 4.78 is 5.15. The van der Waals surface area contributed by atoms with Crippen molar-refractivity contribution < 1.29 is 24.2 Å². The molecule has 3 aromatic rings. The molecule has 1 aliphatic rings. The Bertz CT molecular complexity index is 1010. The van der Waals surface area contributed by atoms with Crippen molar-refractivity contribution in [3.05, 3.63) is 72.1 Å². The lowest BCUT2D eigenvalue weighted by molar-refractivity contribution is -0.137. The molecule has 2 atom stereocenters. The Morgan fingerprint density at radius 3 is 2.36 bits per heavy atom. The third kappa shape index (κ3) is 3.46. The monoisotopic (exact) mass is 378 g/mol. The van der Waals surface area contributed by atoms with Crippen LogP contribution in [-0.4, -0.2) is 32.7 Å². The van der Waals surface area contributed by atoms with E-state index in [1.807, 2.05) is 54.6 Å². The number of aliphatic carboxylic acids is 1. The lowest BCUT2D eigenvalue weighted by atomic mass is 9.99. The SMILES string of the molecule is O=C(O)CC1(Nc2nc(C(=O)O)co2)C[C@H]1c1ccc(-c2ccccc2)cc1. The van der Waals surface area contributed by atoms with Crippen LogP contribution in [0.15, 0.2) is 65.3 Å². The zero-order chi connectivity index (χ0) is 19.7. The molecule has 1 aliphatic carbocycles. The van der Waals surface area contributed by atoms with Crippen molar-refractivity contribution >= 4 is 18.0 Å². The van der Waals surface area contributed by atoms with Gasteiger partial charge in [-0.05, 0) is 23.1 Å². The lowest BCUT2D eigenvalue weighted by Gasteiger charge is -2.16. The largest absolute Gasteiger partial charge is 0.481 e. The van der Waals surface area contributed by atoms with Gasteiger partial charge in [0, 0.05) is 5.92 Å². The number of nitrogens with zero attached hydrogens (tertiary/aromatic N) is 1. The fourth-order valence-corrected chi connectivity index (χ4v) is 3.57. The van der Waals surface area contributed by atoms with E-state index in [0.717, 1.165) is 23.0 Å². The van der Waals surface area contributed by atoms with Crippen LogP contribution in [0.3, 0.4) is 0 Å². The van der Waals surface area contributed by atoms with Crippen LogP contribution >= 0.6 is 0 Å². The molecule has 0 aliphatic heterocycles. The van der Waals surface area contributed by atoms with Crippen molar-refractivity contribution in [3.8, 4) is 11.1 Å². The lowest BCUT2D eigenvalue weighted by Crippen LogP contribution is -2.27. The number of benzene rings is 2. The molecule has 1 heterocycles. The smallest absolute Gasteiger partial charge is 0.357 e. The van der Waals surface area contributed by atoms with Gasteiger partial charge >= 0.3 is 11.9 Å². The molecule has 1 unspecified atom stereocenters. The molecule has 0 amide bonds.